The van der Waals surface area contributed by atoms with Crippen LogP contribution in [0.15, 0.2) is 67.0 Å². The Morgan fingerprint density at radius 1 is 1.00 bits per heavy atom. The molecule has 184 valence electrons. The SMILES string of the molecule is C=C/C=C(\C)OC.CC.CC.CC#N.COc1ccc(-c2cccc(C(F)(F)F)c2)cc1F. The second-order valence-corrected chi connectivity index (χ2v) is 5.37. The molecule has 0 aliphatic heterocycles. The van der Waals surface area contributed by atoms with Gasteiger partial charge in [-0.25, -0.2) is 4.39 Å². The van der Waals surface area contributed by atoms with Crippen LogP contribution in [0.25, 0.3) is 11.1 Å². The molecule has 0 aliphatic rings. The molecule has 33 heavy (non-hydrogen) atoms. The third-order valence-electron chi connectivity index (χ3n) is 3.35. The maximum absolute atomic E-state index is 13.5. The number of hydrogen-bond acceptors (Lipinski definition) is 3. The normalized spacial score (nSPS) is 9.48. The number of nitrogens with zero attached hydrogens (tertiary/aromatic N) is 1. The lowest BCUT2D eigenvalue weighted by atomic mass is 10.0. The molecule has 0 saturated heterocycles. The number of nitriles is 1. The molecule has 7 heteroatoms. The fourth-order valence-corrected chi connectivity index (χ4v) is 1.96. The standard InChI is InChI=1S/C14H10F4O.C6H10O.C2H3N.2C2H6/c1-19-13-6-5-10(8-12(13)15)9-3-2-4-11(7-9)14(16,17)18;1-4-5-6(2)7-3;1-2-3;2*1-2/h2-8H,1H3;4-5H,1H2,2-3H3;1H3;2*1-2H3/b;6-5+;;;. The molecule has 0 spiro atoms. The summed E-state index contributed by atoms with van der Waals surface area (Å²) in [5.74, 6) is 0.322. The number of ether oxygens (including phenoxy) is 2. The van der Waals surface area contributed by atoms with Gasteiger partial charge in [0.2, 0.25) is 0 Å². The Labute approximate surface area is 196 Å². The first-order valence-corrected chi connectivity index (χ1v) is 10.3. The van der Waals surface area contributed by atoms with Gasteiger partial charge in [0.1, 0.15) is 0 Å². The quantitative estimate of drug-likeness (QED) is 0.255. The molecule has 0 saturated carbocycles. The summed E-state index contributed by atoms with van der Waals surface area (Å²) in [6.07, 6.45) is -0.917. The zero-order valence-corrected chi connectivity index (χ0v) is 20.7. The van der Waals surface area contributed by atoms with Gasteiger partial charge < -0.3 is 9.47 Å². The van der Waals surface area contributed by atoms with Gasteiger partial charge in [0.25, 0.3) is 0 Å². The molecule has 0 N–H and O–H groups in total. The fourth-order valence-electron chi connectivity index (χ4n) is 1.96. The highest BCUT2D eigenvalue weighted by Crippen LogP contribution is 2.33. The Kier molecular flexibility index (Phi) is 21.5. The van der Waals surface area contributed by atoms with E-state index >= 15 is 0 Å². The molecule has 2 rings (SSSR count). The van der Waals surface area contributed by atoms with Crippen molar-refractivity contribution in [3.05, 3.63) is 78.3 Å². The minimum absolute atomic E-state index is 0.0516. The molecule has 0 fully saturated rings. The van der Waals surface area contributed by atoms with Crippen LogP contribution in [0, 0.1) is 17.1 Å². The van der Waals surface area contributed by atoms with Crippen molar-refractivity contribution in [3.8, 4) is 22.9 Å². The van der Waals surface area contributed by atoms with Crippen molar-refractivity contribution in [1.82, 2.24) is 0 Å². The minimum atomic E-state index is -4.42. The van der Waals surface area contributed by atoms with E-state index in [2.05, 4.69) is 6.58 Å². The average molecular weight is 470 g/mol. The van der Waals surface area contributed by atoms with E-state index in [4.69, 9.17) is 14.7 Å². The van der Waals surface area contributed by atoms with Crippen molar-refractivity contribution in [1.29, 1.82) is 5.26 Å². The van der Waals surface area contributed by atoms with Crippen LogP contribution in [0.4, 0.5) is 17.6 Å². The van der Waals surface area contributed by atoms with Gasteiger partial charge in [-0.2, -0.15) is 18.4 Å². The second kappa shape index (κ2) is 20.6. The summed E-state index contributed by atoms with van der Waals surface area (Å²) in [5.41, 5.74) is -0.0954. The summed E-state index contributed by atoms with van der Waals surface area (Å²) in [5, 5.41) is 7.32. The molecule has 0 aromatic heterocycles. The van der Waals surface area contributed by atoms with Crippen molar-refractivity contribution >= 4 is 0 Å². The molecule has 0 aliphatic carbocycles. The molecule has 2 aromatic rings. The highest BCUT2D eigenvalue weighted by atomic mass is 19.4. The lowest BCUT2D eigenvalue weighted by Gasteiger charge is -2.09. The van der Waals surface area contributed by atoms with Crippen molar-refractivity contribution in [3.63, 3.8) is 0 Å². The molecule has 3 nitrogen and oxygen atoms in total. The molecule has 0 bridgehead atoms. The summed E-state index contributed by atoms with van der Waals surface area (Å²) >= 11 is 0. The molecular formula is C26H35F4NO2. The largest absolute Gasteiger partial charge is 0.501 e. The van der Waals surface area contributed by atoms with Gasteiger partial charge >= 0.3 is 6.18 Å². The first kappa shape index (κ1) is 34.3. The van der Waals surface area contributed by atoms with E-state index in [1.165, 1.54) is 38.3 Å². The summed E-state index contributed by atoms with van der Waals surface area (Å²) in [6.45, 7) is 14.8. The summed E-state index contributed by atoms with van der Waals surface area (Å²) < 4.78 is 60.8. The Morgan fingerprint density at radius 3 is 1.88 bits per heavy atom. The van der Waals surface area contributed by atoms with Crippen LogP contribution < -0.4 is 4.74 Å². The van der Waals surface area contributed by atoms with Crippen molar-refractivity contribution < 1.29 is 27.0 Å². The number of methoxy groups -OCH3 is 2. The number of allylic oxidation sites excluding steroid dienone is 3. The highest BCUT2D eigenvalue weighted by Gasteiger charge is 2.30. The number of halogens is 4. The van der Waals surface area contributed by atoms with E-state index in [1.54, 1.807) is 25.3 Å². The number of rotatable bonds is 4. The van der Waals surface area contributed by atoms with Gasteiger partial charge in [-0.3, -0.25) is 0 Å². The average Bonchev–Trinajstić information content (AvgIpc) is 2.82. The number of benzene rings is 2. The van der Waals surface area contributed by atoms with Gasteiger partial charge in [-0.1, -0.05) is 58.5 Å². The smallest absolute Gasteiger partial charge is 0.416 e. The van der Waals surface area contributed by atoms with Crippen LogP contribution in [0.5, 0.6) is 5.75 Å². The molecule has 0 unspecified atom stereocenters. The maximum atomic E-state index is 13.5. The lowest BCUT2D eigenvalue weighted by molar-refractivity contribution is -0.137. The minimum Gasteiger partial charge on any atom is -0.501 e. The van der Waals surface area contributed by atoms with Crippen molar-refractivity contribution in [2.75, 3.05) is 14.2 Å². The molecule has 0 amide bonds. The maximum Gasteiger partial charge on any atom is 0.416 e. The topological polar surface area (TPSA) is 42.2 Å². The summed E-state index contributed by atoms with van der Waals surface area (Å²) in [7, 11) is 2.96. The predicted octanol–water partition coefficient (Wildman–Crippen LogP) is 8.82. The molecule has 0 radical (unpaired) electrons. The third-order valence-corrected chi connectivity index (χ3v) is 3.35. The van der Waals surface area contributed by atoms with Gasteiger partial charge in [-0.05, 0) is 48.4 Å². The van der Waals surface area contributed by atoms with E-state index in [0.29, 0.717) is 11.1 Å². The predicted molar refractivity (Wildman–Crippen MR) is 128 cm³/mol. The monoisotopic (exact) mass is 469 g/mol. The van der Waals surface area contributed by atoms with Gasteiger partial charge in [-0.15, -0.1) is 0 Å². The van der Waals surface area contributed by atoms with Gasteiger partial charge in [0, 0.05) is 6.92 Å². The Morgan fingerprint density at radius 2 is 1.52 bits per heavy atom. The summed E-state index contributed by atoms with van der Waals surface area (Å²) in [4.78, 5) is 0. The number of alkyl halides is 3. The number of hydrogen-bond donors (Lipinski definition) is 0. The van der Waals surface area contributed by atoms with Crippen LogP contribution in [0.2, 0.25) is 0 Å². The van der Waals surface area contributed by atoms with Crippen LogP contribution in [-0.2, 0) is 10.9 Å². The molecular weight excluding hydrogens is 434 g/mol. The van der Waals surface area contributed by atoms with Crippen LogP contribution in [-0.4, -0.2) is 14.2 Å². The van der Waals surface area contributed by atoms with Crippen LogP contribution >= 0.6 is 0 Å². The lowest BCUT2D eigenvalue weighted by Crippen LogP contribution is -2.04. The Bertz CT molecular complexity index is 854. The molecule has 0 heterocycles. The van der Waals surface area contributed by atoms with E-state index in [-0.39, 0.29) is 5.75 Å². The Balaban J connectivity index is -0.000000537. The first-order valence-electron chi connectivity index (χ1n) is 10.3. The van der Waals surface area contributed by atoms with Crippen LogP contribution in [0.3, 0.4) is 0 Å². The zero-order valence-electron chi connectivity index (χ0n) is 20.7. The first-order chi connectivity index (χ1) is 15.6. The van der Waals surface area contributed by atoms with Gasteiger partial charge in [0.05, 0.1) is 31.6 Å². The van der Waals surface area contributed by atoms with Crippen molar-refractivity contribution in [2.24, 2.45) is 0 Å². The third kappa shape index (κ3) is 15.2. The summed E-state index contributed by atoms with van der Waals surface area (Å²) in [6, 6.07) is 10.5. The van der Waals surface area contributed by atoms with E-state index < -0.39 is 17.6 Å². The fraction of sp³-hybridized carbons (Fsp3) is 0.346. The highest BCUT2D eigenvalue weighted by molar-refractivity contribution is 5.65. The van der Waals surface area contributed by atoms with E-state index in [0.717, 1.165) is 24.0 Å². The zero-order chi connectivity index (χ0) is 26.4. The van der Waals surface area contributed by atoms with Crippen molar-refractivity contribution in [2.45, 2.75) is 47.7 Å². The van der Waals surface area contributed by atoms with Crippen LogP contribution in [0.1, 0.15) is 47.1 Å². The van der Waals surface area contributed by atoms with E-state index in [1.807, 2.05) is 34.6 Å². The van der Waals surface area contributed by atoms with Gasteiger partial charge in [0.15, 0.2) is 11.6 Å². The Hall–Kier alpha value is -3.27. The second-order valence-electron chi connectivity index (χ2n) is 5.37. The van der Waals surface area contributed by atoms with E-state index in [9.17, 15) is 17.6 Å². The molecule has 2 aromatic carbocycles. The molecule has 0 atom stereocenters.